The van der Waals surface area contributed by atoms with Gasteiger partial charge >= 0.3 is 5.97 Å². The van der Waals surface area contributed by atoms with Gasteiger partial charge in [0, 0.05) is 24.8 Å². The molecule has 0 unspecified atom stereocenters. The molecule has 0 aliphatic carbocycles. The lowest BCUT2D eigenvalue weighted by atomic mass is 10.0. The van der Waals surface area contributed by atoms with Crippen LogP contribution >= 0.6 is 11.6 Å². The molecule has 28 heavy (non-hydrogen) atoms. The van der Waals surface area contributed by atoms with Crippen LogP contribution in [0.4, 0.5) is 4.39 Å². The molecule has 0 heterocycles. The Morgan fingerprint density at radius 2 is 1.75 bits per heavy atom. The Morgan fingerprint density at radius 3 is 2.36 bits per heavy atom. The lowest BCUT2D eigenvalue weighted by molar-refractivity contribution is -0.142. The van der Waals surface area contributed by atoms with Gasteiger partial charge < -0.3 is 15.7 Å². The molecule has 3 N–H and O–H groups in total. The zero-order valence-corrected chi connectivity index (χ0v) is 15.9. The van der Waals surface area contributed by atoms with Gasteiger partial charge in [-0.05, 0) is 29.3 Å². The number of carboxylic acid groups (broad SMARTS) is 1. The molecule has 0 bridgehead atoms. The van der Waals surface area contributed by atoms with Crippen molar-refractivity contribution in [2.75, 3.05) is 0 Å². The Bertz CT molecular complexity index is 875. The summed E-state index contributed by atoms with van der Waals surface area (Å²) in [6.07, 6.45) is -0.101. The average Bonchev–Trinajstić information content (AvgIpc) is 2.62. The van der Waals surface area contributed by atoms with E-state index in [1.807, 2.05) is 0 Å². The van der Waals surface area contributed by atoms with E-state index < -0.39 is 35.7 Å². The normalized spacial score (nSPS) is 12.7. The lowest BCUT2D eigenvalue weighted by Crippen LogP contribution is -2.52. The van der Waals surface area contributed by atoms with E-state index in [-0.39, 0.29) is 18.4 Å². The number of halogens is 2. The number of hydrogen-bond donors (Lipinski definition) is 3. The first-order valence-corrected chi connectivity index (χ1v) is 8.92. The van der Waals surface area contributed by atoms with E-state index in [1.54, 1.807) is 30.3 Å². The van der Waals surface area contributed by atoms with Crippen molar-refractivity contribution in [3.63, 3.8) is 0 Å². The second-order valence-corrected chi connectivity index (χ2v) is 6.72. The van der Waals surface area contributed by atoms with Crippen molar-refractivity contribution in [2.24, 2.45) is 0 Å². The summed E-state index contributed by atoms with van der Waals surface area (Å²) >= 11 is 5.91. The van der Waals surface area contributed by atoms with Crippen LogP contribution in [0.1, 0.15) is 18.1 Å². The third-order valence-corrected chi connectivity index (χ3v) is 4.25. The molecule has 0 radical (unpaired) electrons. The van der Waals surface area contributed by atoms with Gasteiger partial charge in [0.2, 0.25) is 11.8 Å². The van der Waals surface area contributed by atoms with Crippen LogP contribution in [-0.4, -0.2) is 35.0 Å². The summed E-state index contributed by atoms with van der Waals surface area (Å²) in [5.74, 6) is -2.95. The van der Waals surface area contributed by atoms with Crippen molar-refractivity contribution in [3.8, 4) is 0 Å². The van der Waals surface area contributed by atoms with Gasteiger partial charge in [0.25, 0.3) is 0 Å². The first kappa shape index (κ1) is 21.4. The average molecular weight is 407 g/mol. The van der Waals surface area contributed by atoms with Crippen LogP contribution in [0.25, 0.3) is 0 Å². The Kier molecular flexibility index (Phi) is 7.52. The fraction of sp³-hybridized carbons (Fsp3) is 0.250. The largest absolute Gasteiger partial charge is 0.480 e. The number of amides is 2. The van der Waals surface area contributed by atoms with Crippen molar-refractivity contribution >= 4 is 29.4 Å². The molecule has 0 aromatic heterocycles. The van der Waals surface area contributed by atoms with Crippen LogP contribution in [0, 0.1) is 5.82 Å². The SMILES string of the molecule is CC(=O)N[C@@H](Cc1ccccc1F)C(=O)N[C@@H](Cc1cccc(Cl)c1)C(=O)O. The van der Waals surface area contributed by atoms with Gasteiger partial charge in [-0.15, -0.1) is 0 Å². The monoisotopic (exact) mass is 406 g/mol. The molecule has 0 spiro atoms. The number of carbonyl (C=O) groups is 3. The van der Waals surface area contributed by atoms with Crippen LogP contribution in [-0.2, 0) is 27.2 Å². The minimum Gasteiger partial charge on any atom is -0.480 e. The molecule has 8 heteroatoms. The molecule has 0 aliphatic heterocycles. The summed E-state index contributed by atoms with van der Waals surface area (Å²) in [4.78, 5) is 35.7. The van der Waals surface area contributed by atoms with Gasteiger partial charge in [0.15, 0.2) is 0 Å². The molecule has 0 aliphatic rings. The van der Waals surface area contributed by atoms with Crippen LogP contribution < -0.4 is 10.6 Å². The van der Waals surface area contributed by atoms with E-state index in [2.05, 4.69) is 10.6 Å². The molecular formula is C20H20ClFN2O4. The van der Waals surface area contributed by atoms with Gasteiger partial charge in [0.1, 0.15) is 17.9 Å². The van der Waals surface area contributed by atoms with Crippen molar-refractivity contribution < 1.29 is 23.9 Å². The lowest BCUT2D eigenvalue weighted by Gasteiger charge is -2.21. The Balaban J connectivity index is 2.15. The summed E-state index contributed by atoms with van der Waals surface area (Å²) in [5.41, 5.74) is 0.864. The summed E-state index contributed by atoms with van der Waals surface area (Å²) in [7, 11) is 0. The Labute approximate surface area is 166 Å². The fourth-order valence-electron chi connectivity index (χ4n) is 2.71. The third-order valence-electron chi connectivity index (χ3n) is 4.02. The molecule has 2 atom stereocenters. The maximum Gasteiger partial charge on any atom is 0.326 e. The molecular weight excluding hydrogens is 387 g/mol. The molecule has 2 aromatic carbocycles. The quantitative estimate of drug-likeness (QED) is 0.627. The van der Waals surface area contributed by atoms with Crippen LogP contribution in [0.2, 0.25) is 5.02 Å². The van der Waals surface area contributed by atoms with Crippen LogP contribution in [0.5, 0.6) is 0 Å². The Morgan fingerprint density at radius 1 is 1.04 bits per heavy atom. The zero-order chi connectivity index (χ0) is 20.7. The van der Waals surface area contributed by atoms with Crippen LogP contribution in [0.15, 0.2) is 48.5 Å². The minimum atomic E-state index is -1.24. The molecule has 6 nitrogen and oxygen atoms in total. The topological polar surface area (TPSA) is 95.5 Å². The molecule has 0 fully saturated rings. The van der Waals surface area contributed by atoms with E-state index in [4.69, 9.17) is 11.6 Å². The number of carboxylic acids is 1. The first-order valence-electron chi connectivity index (χ1n) is 8.54. The molecule has 148 valence electrons. The smallest absolute Gasteiger partial charge is 0.326 e. The van der Waals surface area contributed by atoms with Gasteiger partial charge in [-0.3, -0.25) is 9.59 Å². The predicted octanol–water partition coefficient (Wildman–Crippen LogP) is 2.34. The maximum atomic E-state index is 13.9. The van der Waals surface area contributed by atoms with Gasteiger partial charge in [-0.1, -0.05) is 41.9 Å². The van der Waals surface area contributed by atoms with Gasteiger partial charge in [0.05, 0.1) is 0 Å². The molecule has 2 rings (SSSR count). The van der Waals surface area contributed by atoms with Gasteiger partial charge in [-0.25, -0.2) is 9.18 Å². The number of aliphatic carboxylic acids is 1. The van der Waals surface area contributed by atoms with Crippen molar-refractivity contribution in [3.05, 3.63) is 70.5 Å². The van der Waals surface area contributed by atoms with Crippen molar-refractivity contribution in [1.29, 1.82) is 0 Å². The number of nitrogens with one attached hydrogen (secondary N) is 2. The number of benzene rings is 2. The molecule has 0 saturated carbocycles. The van der Waals surface area contributed by atoms with E-state index >= 15 is 0 Å². The van der Waals surface area contributed by atoms with Crippen LogP contribution in [0.3, 0.4) is 0 Å². The predicted molar refractivity (Wildman–Crippen MR) is 102 cm³/mol. The summed E-state index contributed by atoms with van der Waals surface area (Å²) < 4.78 is 13.9. The third kappa shape index (κ3) is 6.35. The highest BCUT2D eigenvalue weighted by atomic mass is 35.5. The highest BCUT2D eigenvalue weighted by molar-refractivity contribution is 6.30. The molecule has 2 aromatic rings. The number of hydrogen-bond acceptors (Lipinski definition) is 3. The summed E-state index contributed by atoms with van der Waals surface area (Å²) in [6.45, 7) is 1.22. The van der Waals surface area contributed by atoms with Crippen molar-refractivity contribution in [1.82, 2.24) is 10.6 Å². The first-order chi connectivity index (χ1) is 13.3. The minimum absolute atomic E-state index is 0.00806. The molecule has 2 amide bonds. The number of carbonyl (C=O) groups excluding carboxylic acids is 2. The standard InChI is InChI=1S/C20H20ClFN2O4/c1-12(25)23-17(11-14-6-2-3-8-16(14)22)19(26)24-18(20(27)28)10-13-5-4-7-15(21)9-13/h2-9,17-18H,10-11H2,1H3,(H,23,25)(H,24,26)(H,27,28)/t17-,18-/m0/s1. The maximum absolute atomic E-state index is 13.9. The van der Waals surface area contributed by atoms with E-state index in [0.717, 1.165) is 0 Å². The summed E-state index contributed by atoms with van der Waals surface area (Å²) in [6, 6.07) is 10.1. The zero-order valence-electron chi connectivity index (χ0n) is 15.1. The second kappa shape index (κ2) is 9.85. The Hall–Kier alpha value is -2.93. The van der Waals surface area contributed by atoms with E-state index in [9.17, 15) is 23.9 Å². The highest BCUT2D eigenvalue weighted by Gasteiger charge is 2.27. The van der Waals surface area contributed by atoms with E-state index in [1.165, 1.54) is 25.1 Å². The second-order valence-electron chi connectivity index (χ2n) is 6.28. The molecule has 0 saturated heterocycles. The van der Waals surface area contributed by atoms with E-state index in [0.29, 0.717) is 10.6 Å². The number of rotatable bonds is 8. The summed E-state index contributed by atoms with van der Waals surface area (Å²) in [5, 5.41) is 14.8. The van der Waals surface area contributed by atoms with Crippen molar-refractivity contribution in [2.45, 2.75) is 31.8 Å². The highest BCUT2D eigenvalue weighted by Crippen LogP contribution is 2.13. The van der Waals surface area contributed by atoms with Gasteiger partial charge in [-0.2, -0.15) is 0 Å². The fourth-order valence-corrected chi connectivity index (χ4v) is 2.92.